The van der Waals surface area contributed by atoms with Crippen molar-refractivity contribution in [2.75, 3.05) is 0 Å². The molecule has 0 amide bonds. The first-order chi connectivity index (χ1) is 12.3. The lowest BCUT2D eigenvalue weighted by Crippen LogP contribution is -2.58. The van der Waals surface area contributed by atoms with E-state index in [1.165, 1.54) is 45.4 Å². The van der Waals surface area contributed by atoms with Gasteiger partial charge in [-0.3, -0.25) is 9.59 Å². The number of hydrogen-bond donors (Lipinski definition) is 0. The summed E-state index contributed by atoms with van der Waals surface area (Å²) in [5, 5.41) is 0. The molecule has 2 unspecified atom stereocenters. The number of allylic oxidation sites excluding steroid dienone is 1. The standard InChI is InChI=1S/C23H34O3/c1-14(24)18-10-11-19-17-9-8-16-7-5-6-12-22(16,3)20(17)13-21(23(18,19)4)26-15(2)25/h10,16-17,19-21H,5-9,11-13H2,1-4H3/t16?,17-,19-,20-,21?,22-,23+/m0/s1. The number of esters is 1. The van der Waals surface area contributed by atoms with Crippen molar-refractivity contribution in [3.63, 3.8) is 0 Å². The van der Waals surface area contributed by atoms with E-state index < -0.39 is 0 Å². The van der Waals surface area contributed by atoms with Crippen molar-refractivity contribution in [1.29, 1.82) is 0 Å². The van der Waals surface area contributed by atoms with Crippen LogP contribution in [-0.4, -0.2) is 17.9 Å². The summed E-state index contributed by atoms with van der Waals surface area (Å²) in [4.78, 5) is 24.3. The van der Waals surface area contributed by atoms with Gasteiger partial charge in [0, 0.05) is 17.9 Å². The zero-order valence-corrected chi connectivity index (χ0v) is 16.8. The maximum Gasteiger partial charge on any atom is 0.302 e. The predicted octanol–water partition coefficient (Wildman–Crippen LogP) is 5.09. The average Bonchev–Trinajstić information content (AvgIpc) is 2.93. The van der Waals surface area contributed by atoms with Crippen LogP contribution < -0.4 is 0 Å². The summed E-state index contributed by atoms with van der Waals surface area (Å²) in [6, 6.07) is 0. The highest BCUT2D eigenvalue weighted by Gasteiger charge is 2.62. The maximum atomic E-state index is 12.4. The highest BCUT2D eigenvalue weighted by molar-refractivity contribution is 5.95. The minimum absolute atomic E-state index is 0.151. The summed E-state index contributed by atoms with van der Waals surface area (Å²) < 4.78 is 5.93. The van der Waals surface area contributed by atoms with Crippen LogP contribution in [0.2, 0.25) is 0 Å². The monoisotopic (exact) mass is 358 g/mol. The van der Waals surface area contributed by atoms with Gasteiger partial charge in [-0.05, 0) is 74.5 Å². The first-order valence-corrected chi connectivity index (χ1v) is 10.7. The SMILES string of the molecule is CC(=O)OC1C[C@H]2[C@@H](CCC3CCCC[C@@]32C)[C@@H]2CC=C(C(C)=O)[C@@]12C. The van der Waals surface area contributed by atoms with Crippen molar-refractivity contribution in [2.24, 2.45) is 34.5 Å². The van der Waals surface area contributed by atoms with E-state index in [1.54, 1.807) is 6.92 Å². The van der Waals surface area contributed by atoms with Crippen LogP contribution >= 0.6 is 0 Å². The van der Waals surface area contributed by atoms with E-state index in [-0.39, 0.29) is 23.3 Å². The van der Waals surface area contributed by atoms with Crippen LogP contribution in [0.15, 0.2) is 11.6 Å². The van der Waals surface area contributed by atoms with Gasteiger partial charge >= 0.3 is 5.97 Å². The van der Waals surface area contributed by atoms with E-state index in [9.17, 15) is 9.59 Å². The summed E-state index contributed by atoms with van der Waals surface area (Å²) in [5.41, 5.74) is 1.01. The van der Waals surface area contributed by atoms with Gasteiger partial charge in [0.25, 0.3) is 0 Å². The van der Waals surface area contributed by atoms with E-state index in [0.29, 0.717) is 23.2 Å². The molecule has 7 atom stereocenters. The van der Waals surface area contributed by atoms with Crippen LogP contribution in [0, 0.1) is 34.5 Å². The molecule has 0 N–H and O–H groups in total. The van der Waals surface area contributed by atoms with Crippen molar-refractivity contribution >= 4 is 11.8 Å². The Morgan fingerprint density at radius 3 is 2.54 bits per heavy atom. The fourth-order valence-electron chi connectivity index (χ4n) is 7.71. The molecule has 3 saturated carbocycles. The molecule has 0 heterocycles. The first-order valence-electron chi connectivity index (χ1n) is 10.7. The molecule has 3 nitrogen and oxygen atoms in total. The maximum absolute atomic E-state index is 12.4. The van der Waals surface area contributed by atoms with Crippen LogP contribution in [-0.2, 0) is 14.3 Å². The number of ketones is 1. The predicted molar refractivity (Wildman–Crippen MR) is 101 cm³/mol. The third-order valence-corrected chi connectivity index (χ3v) is 8.93. The van der Waals surface area contributed by atoms with Gasteiger partial charge in [-0.2, -0.15) is 0 Å². The van der Waals surface area contributed by atoms with Crippen molar-refractivity contribution < 1.29 is 14.3 Å². The average molecular weight is 359 g/mol. The molecule has 0 radical (unpaired) electrons. The lowest BCUT2D eigenvalue weighted by Gasteiger charge is -2.61. The summed E-state index contributed by atoms with van der Waals surface area (Å²) in [5.74, 6) is 2.53. The minimum Gasteiger partial charge on any atom is -0.462 e. The Morgan fingerprint density at radius 1 is 1.08 bits per heavy atom. The smallest absolute Gasteiger partial charge is 0.302 e. The number of fused-ring (bicyclic) bond motifs is 5. The summed E-state index contributed by atoms with van der Waals surface area (Å²) in [6.45, 7) is 7.92. The van der Waals surface area contributed by atoms with Gasteiger partial charge in [0.05, 0.1) is 0 Å². The molecule has 4 aliphatic rings. The molecule has 0 aliphatic heterocycles. The largest absolute Gasteiger partial charge is 0.462 e. The van der Waals surface area contributed by atoms with Crippen molar-refractivity contribution in [3.05, 3.63) is 11.6 Å². The van der Waals surface area contributed by atoms with Gasteiger partial charge in [0.1, 0.15) is 6.10 Å². The molecule has 0 aromatic heterocycles. The normalized spacial score (nSPS) is 47.2. The van der Waals surface area contributed by atoms with Gasteiger partial charge in [-0.15, -0.1) is 0 Å². The topological polar surface area (TPSA) is 43.4 Å². The number of hydrogen-bond acceptors (Lipinski definition) is 3. The zero-order valence-electron chi connectivity index (χ0n) is 16.8. The lowest BCUT2D eigenvalue weighted by molar-refractivity contribution is -0.179. The highest BCUT2D eigenvalue weighted by atomic mass is 16.5. The first kappa shape index (κ1) is 18.3. The molecular weight excluding hydrogens is 324 g/mol. The van der Waals surface area contributed by atoms with Gasteiger partial charge in [-0.25, -0.2) is 0 Å². The van der Waals surface area contributed by atoms with E-state index in [0.717, 1.165) is 24.3 Å². The second-order valence-electron chi connectivity index (χ2n) is 9.93. The Balaban J connectivity index is 1.73. The molecule has 0 bridgehead atoms. The minimum atomic E-state index is -0.295. The van der Waals surface area contributed by atoms with E-state index >= 15 is 0 Å². The van der Waals surface area contributed by atoms with Crippen LogP contribution in [0.5, 0.6) is 0 Å². The molecule has 4 aliphatic carbocycles. The highest BCUT2D eigenvalue weighted by Crippen LogP contribution is 2.66. The van der Waals surface area contributed by atoms with E-state index in [2.05, 4.69) is 19.9 Å². The second-order valence-corrected chi connectivity index (χ2v) is 9.93. The van der Waals surface area contributed by atoms with Crippen LogP contribution in [0.4, 0.5) is 0 Å². The quantitative estimate of drug-likeness (QED) is 0.646. The molecule has 144 valence electrons. The molecule has 0 spiro atoms. The van der Waals surface area contributed by atoms with Gasteiger partial charge in [-0.1, -0.05) is 32.8 Å². The van der Waals surface area contributed by atoms with Crippen LogP contribution in [0.3, 0.4) is 0 Å². The molecule has 0 aromatic carbocycles. The van der Waals surface area contributed by atoms with Crippen molar-refractivity contribution in [2.45, 2.75) is 85.2 Å². The molecule has 3 heteroatoms. The molecule has 4 rings (SSSR count). The Labute approximate surface area is 157 Å². The Kier molecular flexibility index (Phi) is 4.36. The zero-order chi connectivity index (χ0) is 18.7. The van der Waals surface area contributed by atoms with E-state index in [1.807, 2.05) is 0 Å². The molecule has 0 saturated heterocycles. The Hall–Kier alpha value is -1.12. The van der Waals surface area contributed by atoms with E-state index in [4.69, 9.17) is 4.74 Å². The van der Waals surface area contributed by atoms with Crippen LogP contribution in [0.1, 0.15) is 79.1 Å². The summed E-state index contributed by atoms with van der Waals surface area (Å²) in [7, 11) is 0. The van der Waals surface area contributed by atoms with Gasteiger partial charge < -0.3 is 4.74 Å². The molecule has 26 heavy (non-hydrogen) atoms. The van der Waals surface area contributed by atoms with Crippen LogP contribution in [0.25, 0.3) is 0 Å². The molecular formula is C23H34O3. The molecule has 3 fully saturated rings. The third-order valence-electron chi connectivity index (χ3n) is 8.93. The lowest BCUT2D eigenvalue weighted by atomic mass is 9.44. The third kappa shape index (κ3) is 2.45. The van der Waals surface area contributed by atoms with Gasteiger partial charge in [0.15, 0.2) is 5.78 Å². The van der Waals surface area contributed by atoms with Gasteiger partial charge in [0.2, 0.25) is 0 Å². The number of carbonyl (C=O) groups is 2. The fraction of sp³-hybridized carbons (Fsp3) is 0.826. The van der Waals surface area contributed by atoms with Crippen molar-refractivity contribution in [3.8, 4) is 0 Å². The Bertz CT molecular complexity index is 650. The molecule has 0 aromatic rings. The number of carbonyl (C=O) groups excluding carboxylic acids is 2. The second kappa shape index (κ2) is 6.21. The Morgan fingerprint density at radius 2 is 1.85 bits per heavy atom. The number of rotatable bonds is 2. The fourth-order valence-corrected chi connectivity index (χ4v) is 7.71. The summed E-state index contributed by atoms with van der Waals surface area (Å²) in [6.07, 6.45) is 12.0. The summed E-state index contributed by atoms with van der Waals surface area (Å²) >= 11 is 0. The number of ether oxygens (including phenoxy) is 1. The van der Waals surface area contributed by atoms with Crippen molar-refractivity contribution in [1.82, 2.24) is 0 Å². The number of Topliss-reactive ketones (excluding diaryl/α,β-unsaturated/α-hetero) is 1.